The smallest absolute Gasteiger partial charge is 0.290 e. The summed E-state index contributed by atoms with van der Waals surface area (Å²) >= 11 is 0. The molecule has 0 bridgehead atoms. The number of rotatable bonds is 6. The van der Waals surface area contributed by atoms with Gasteiger partial charge in [0.15, 0.2) is 0 Å². The van der Waals surface area contributed by atoms with Gasteiger partial charge in [-0.3, -0.25) is 9.69 Å². The van der Waals surface area contributed by atoms with E-state index in [0.717, 1.165) is 44.1 Å². The minimum absolute atomic E-state index is 0.175. The molecule has 3 rings (SSSR count). The van der Waals surface area contributed by atoms with E-state index in [-0.39, 0.29) is 5.91 Å². The molecular weight excluding hydrogens is 304 g/mol. The van der Waals surface area contributed by atoms with Gasteiger partial charge in [0.2, 0.25) is 5.91 Å². The maximum atomic E-state index is 11.4. The van der Waals surface area contributed by atoms with Crippen molar-refractivity contribution in [3.63, 3.8) is 0 Å². The van der Waals surface area contributed by atoms with Crippen molar-refractivity contribution >= 4 is 5.91 Å². The van der Waals surface area contributed by atoms with Crippen LogP contribution in [0.3, 0.4) is 0 Å². The summed E-state index contributed by atoms with van der Waals surface area (Å²) in [5, 5.41) is 0. The zero-order valence-corrected chi connectivity index (χ0v) is 14.3. The lowest BCUT2D eigenvalue weighted by Gasteiger charge is -2.20. The Morgan fingerprint density at radius 3 is 2.79 bits per heavy atom. The Hall–Kier alpha value is -2.27. The van der Waals surface area contributed by atoms with Crippen molar-refractivity contribution in [3.8, 4) is 11.7 Å². The molecule has 1 unspecified atom stereocenters. The molecule has 0 radical (unpaired) electrons. The monoisotopic (exact) mass is 328 g/mol. The molecule has 24 heavy (non-hydrogen) atoms. The third kappa shape index (κ3) is 4.38. The van der Waals surface area contributed by atoms with Crippen LogP contribution in [0.1, 0.15) is 19.1 Å². The molecular formula is C19H24N2O3. The first kappa shape index (κ1) is 16.6. The fourth-order valence-corrected chi connectivity index (χ4v) is 3.14. The highest BCUT2D eigenvalue weighted by molar-refractivity contribution is 5.73. The zero-order valence-electron chi connectivity index (χ0n) is 14.3. The Bertz CT molecular complexity index is 668. The number of benzene rings is 1. The number of nitrogens with zero attached hydrogens (tertiary/aromatic N) is 2. The molecule has 1 aliphatic rings. The van der Waals surface area contributed by atoms with Crippen LogP contribution in [0, 0.1) is 5.92 Å². The predicted molar refractivity (Wildman–Crippen MR) is 91.9 cm³/mol. The first-order chi connectivity index (χ1) is 11.6. The first-order valence-electron chi connectivity index (χ1n) is 8.36. The average molecular weight is 328 g/mol. The Kier molecular flexibility index (Phi) is 5.20. The van der Waals surface area contributed by atoms with Gasteiger partial charge in [0, 0.05) is 32.6 Å². The second-order valence-corrected chi connectivity index (χ2v) is 6.45. The molecule has 1 aromatic heterocycles. The molecule has 128 valence electrons. The third-order valence-corrected chi connectivity index (χ3v) is 4.33. The quantitative estimate of drug-likeness (QED) is 0.815. The van der Waals surface area contributed by atoms with Crippen molar-refractivity contribution in [1.29, 1.82) is 0 Å². The van der Waals surface area contributed by atoms with E-state index in [1.807, 2.05) is 47.4 Å². The molecule has 0 saturated carbocycles. The number of furan rings is 1. The molecule has 0 aliphatic carbocycles. The topological polar surface area (TPSA) is 45.9 Å². The second-order valence-electron chi connectivity index (χ2n) is 6.45. The van der Waals surface area contributed by atoms with E-state index in [2.05, 4.69) is 11.9 Å². The van der Waals surface area contributed by atoms with Gasteiger partial charge in [0.05, 0.1) is 6.54 Å². The van der Waals surface area contributed by atoms with Crippen molar-refractivity contribution in [3.05, 3.63) is 48.2 Å². The van der Waals surface area contributed by atoms with Crippen LogP contribution < -0.4 is 4.74 Å². The standard InChI is InChI=1S/C19H24N2O3/c1-15(22)21-11-10-16(13-21)12-20(2)14-18-8-9-19(24-18)23-17-6-4-3-5-7-17/h3-9,16H,10-14H2,1-2H3. The van der Waals surface area contributed by atoms with Gasteiger partial charge >= 0.3 is 0 Å². The molecule has 1 aromatic carbocycles. The first-order valence-corrected chi connectivity index (χ1v) is 8.36. The number of ether oxygens (including phenoxy) is 1. The van der Waals surface area contributed by atoms with Crippen molar-refractivity contribution < 1.29 is 13.9 Å². The lowest BCUT2D eigenvalue weighted by atomic mass is 10.1. The zero-order chi connectivity index (χ0) is 16.9. The van der Waals surface area contributed by atoms with Gasteiger partial charge in [-0.05, 0) is 37.6 Å². The van der Waals surface area contributed by atoms with Crippen LogP contribution >= 0.6 is 0 Å². The summed E-state index contributed by atoms with van der Waals surface area (Å²) in [4.78, 5) is 15.6. The molecule has 1 atom stereocenters. The number of carbonyl (C=O) groups is 1. The second kappa shape index (κ2) is 7.53. The van der Waals surface area contributed by atoms with Crippen molar-refractivity contribution in [1.82, 2.24) is 9.80 Å². The van der Waals surface area contributed by atoms with Crippen molar-refractivity contribution in [2.24, 2.45) is 5.92 Å². The fourth-order valence-electron chi connectivity index (χ4n) is 3.14. The van der Waals surface area contributed by atoms with Gasteiger partial charge in [0.1, 0.15) is 11.5 Å². The molecule has 1 aliphatic heterocycles. The van der Waals surface area contributed by atoms with E-state index in [0.29, 0.717) is 11.9 Å². The molecule has 0 N–H and O–H groups in total. The molecule has 2 heterocycles. The lowest BCUT2D eigenvalue weighted by Crippen LogP contribution is -2.30. The highest BCUT2D eigenvalue weighted by atomic mass is 16.6. The largest absolute Gasteiger partial charge is 0.429 e. The van der Waals surface area contributed by atoms with Gasteiger partial charge in [0.25, 0.3) is 5.95 Å². The van der Waals surface area contributed by atoms with Gasteiger partial charge < -0.3 is 14.1 Å². The van der Waals surface area contributed by atoms with Gasteiger partial charge in [-0.15, -0.1) is 0 Å². The van der Waals surface area contributed by atoms with Crippen LogP contribution in [-0.2, 0) is 11.3 Å². The third-order valence-electron chi connectivity index (χ3n) is 4.33. The maximum absolute atomic E-state index is 11.4. The molecule has 2 aromatic rings. The van der Waals surface area contributed by atoms with Crippen LogP contribution in [0.25, 0.3) is 0 Å². The maximum Gasteiger partial charge on any atom is 0.290 e. The highest BCUT2D eigenvalue weighted by Crippen LogP contribution is 2.24. The van der Waals surface area contributed by atoms with Crippen LogP contribution in [0.5, 0.6) is 11.7 Å². The summed E-state index contributed by atoms with van der Waals surface area (Å²) in [5.41, 5.74) is 0. The number of hydrogen-bond acceptors (Lipinski definition) is 4. The van der Waals surface area contributed by atoms with Gasteiger partial charge in [-0.1, -0.05) is 18.2 Å². The van der Waals surface area contributed by atoms with Crippen LogP contribution in [0.4, 0.5) is 0 Å². The molecule has 5 nitrogen and oxygen atoms in total. The Labute approximate surface area is 142 Å². The van der Waals surface area contributed by atoms with E-state index in [9.17, 15) is 4.79 Å². The van der Waals surface area contributed by atoms with E-state index >= 15 is 0 Å². The van der Waals surface area contributed by atoms with Crippen LogP contribution in [0.2, 0.25) is 0 Å². The SMILES string of the molecule is CC(=O)N1CCC(CN(C)Cc2ccc(Oc3ccccc3)o2)C1. The summed E-state index contributed by atoms with van der Waals surface area (Å²) in [7, 11) is 2.08. The normalized spacial score (nSPS) is 17.5. The minimum atomic E-state index is 0.175. The van der Waals surface area contributed by atoms with Crippen molar-refractivity contribution in [2.75, 3.05) is 26.7 Å². The van der Waals surface area contributed by atoms with Crippen molar-refractivity contribution in [2.45, 2.75) is 19.9 Å². The predicted octanol–water partition coefficient (Wildman–Crippen LogP) is 3.37. The molecule has 5 heteroatoms. The Balaban J connectivity index is 1.48. The summed E-state index contributed by atoms with van der Waals surface area (Å²) in [6.07, 6.45) is 1.07. The molecule has 1 fully saturated rings. The summed E-state index contributed by atoms with van der Waals surface area (Å²) in [5.74, 6) is 2.86. The number of amides is 1. The van der Waals surface area contributed by atoms with E-state index in [1.54, 1.807) is 6.92 Å². The highest BCUT2D eigenvalue weighted by Gasteiger charge is 2.25. The van der Waals surface area contributed by atoms with Gasteiger partial charge in [-0.2, -0.15) is 0 Å². The summed E-state index contributed by atoms with van der Waals surface area (Å²) in [6.45, 7) is 5.07. The molecule has 1 saturated heterocycles. The van der Waals surface area contributed by atoms with Crippen LogP contribution in [-0.4, -0.2) is 42.4 Å². The number of carbonyl (C=O) groups excluding carboxylic acids is 1. The van der Waals surface area contributed by atoms with E-state index in [4.69, 9.17) is 9.15 Å². The number of likely N-dealkylation sites (tertiary alicyclic amines) is 1. The Morgan fingerprint density at radius 2 is 2.08 bits per heavy atom. The Morgan fingerprint density at radius 1 is 1.29 bits per heavy atom. The fraction of sp³-hybridized carbons (Fsp3) is 0.421. The average Bonchev–Trinajstić information content (AvgIpc) is 3.18. The molecule has 1 amide bonds. The van der Waals surface area contributed by atoms with Crippen LogP contribution in [0.15, 0.2) is 46.9 Å². The minimum Gasteiger partial charge on any atom is -0.429 e. The lowest BCUT2D eigenvalue weighted by molar-refractivity contribution is -0.127. The summed E-state index contributed by atoms with van der Waals surface area (Å²) in [6, 6.07) is 13.4. The van der Waals surface area contributed by atoms with Gasteiger partial charge in [-0.25, -0.2) is 0 Å². The van der Waals surface area contributed by atoms with E-state index < -0.39 is 0 Å². The number of para-hydroxylation sites is 1. The summed E-state index contributed by atoms with van der Waals surface area (Å²) < 4.78 is 11.4. The van der Waals surface area contributed by atoms with E-state index in [1.165, 1.54) is 0 Å². The number of hydrogen-bond donors (Lipinski definition) is 0. The molecule has 0 spiro atoms.